The molecule has 0 aromatic carbocycles. The lowest BCUT2D eigenvalue weighted by molar-refractivity contribution is 0.0471. The summed E-state index contributed by atoms with van der Waals surface area (Å²) in [6.45, 7) is 1.74. The van der Waals surface area contributed by atoms with Gasteiger partial charge in [0.2, 0.25) is 0 Å². The molecule has 0 unspecified atom stereocenters. The summed E-state index contributed by atoms with van der Waals surface area (Å²) in [5.74, 6) is 4.52. The van der Waals surface area contributed by atoms with Crippen LogP contribution in [0.15, 0.2) is 18.3 Å². The third-order valence-corrected chi connectivity index (χ3v) is 1.51. The van der Waals surface area contributed by atoms with E-state index in [1.165, 1.54) is 0 Å². The normalized spacial score (nSPS) is 9.69. The Hall–Kier alpha value is -1.46. The third kappa shape index (κ3) is 2.50. The molecule has 1 heterocycles. The van der Waals surface area contributed by atoms with Crippen molar-refractivity contribution < 1.29 is 9.53 Å². The number of aryl methyl sites for hydroxylation is 1. The lowest BCUT2D eigenvalue weighted by Crippen LogP contribution is -2.27. The molecule has 0 saturated heterocycles. The van der Waals surface area contributed by atoms with Gasteiger partial charge in [-0.2, -0.15) is 0 Å². The SMILES string of the molecule is Cc1ncccc1C(=O)OCNN. The van der Waals surface area contributed by atoms with Gasteiger partial charge < -0.3 is 4.74 Å². The van der Waals surface area contributed by atoms with E-state index >= 15 is 0 Å². The molecule has 13 heavy (non-hydrogen) atoms. The van der Waals surface area contributed by atoms with Crippen molar-refractivity contribution in [3.8, 4) is 0 Å². The zero-order valence-electron chi connectivity index (χ0n) is 7.28. The van der Waals surface area contributed by atoms with Crippen LogP contribution in [0.1, 0.15) is 16.1 Å². The van der Waals surface area contributed by atoms with Crippen LogP contribution in [0.5, 0.6) is 0 Å². The standard InChI is InChI=1S/C8H11N3O2/c1-6-7(3-2-4-10-6)8(12)13-5-11-9/h2-4,11H,5,9H2,1H3. The number of nitrogens with one attached hydrogen (secondary N) is 1. The molecule has 0 aliphatic heterocycles. The van der Waals surface area contributed by atoms with Crippen molar-refractivity contribution in [3.63, 3.8) is 0 Å². The Kier molecular flexibility index (Phi) is 3.36. The fraction of sp³-hybridized carbons (Fsp3) is 0.250. The summed E-state index contributed by atoms with van der Waals surface area (Å²) in [6, 6.07) is 3.33. The molecule has 0 radical (unpaired) electrons. The van der Waals surface area contributed by atoms with Gasteiger partial charge in [-0.1, -0.05) is 0 Å². The number of carbonyl (C=O) groups is 1. The molecule has 0 amide bonds. The van der Waals surface area contributed by atoms with Gasteiger partial charge in [0.15, 0.2) is 6.73 Å². The van der Waals surface area contributed by atoms with Crippen molar-refractivity contribution in [2.75, 3.05) is 6.73 Å². The van der Waals surface area contributed by atoms with Crippen molar-refractivity contribution in [2.45, 2.75) is 6.92 Å². The van der Waals surface area contributed by atoms with E-state index < -0.39 is 5.97 Å². The molecule has 5 heteroatoms. The molecule has 0 aliphatic rings. The average Bonchev–Trinajstić information content (AvgIpc) is 2.15. The smallest absolute Gasteiger partial charge is 0.341 e. The molecule has 0 fully saturated rings. The minimum absolute atomic E-state index is 0.00678. The van der Waals surface area contributed by atoms with Gasteiger partial charge in [-0.25, -0.2) is 10.2 Å². The number of hydrazine groups is 1. The number of carbonyl (C=O) groups excluding carboxylic acids is 1. The minimum Gasteiger partial charge on any atom is -0.445 e. The van der Waals surface area contributed by atoms with Gasteiger partial charge in [-0.3, -0.25) is 10.8 Å². The van der Waals surface area contributed by atoms with Crippen LogP contribution >= 0.6 is 0 Å². The zero-order valence-corrected chi connectivity index (χ0v) is 7.28. The highest BCUT2D eigenvalue weighted by Gasteiger charge is 2.09. The Morgan fingerprint density at radius 1 is 1.77 bits per heavy atom. The van der Waals surface area contributed by atoms with Crippen LogP contribution in [0.3, 0.4) is 0 Å². The van der Waals surface area contributed by atoms with E-state index in [1.807, 2.05) is 0 Å². The topological polar surface area (TPSA) is 77.2 Å². The van der Waals surface area contributed by atoms with Gasteiger partial charge in [0.05, 0.1) is 11.3 Å². The van der Waals surface area contributed by atoms with E-state index in [9.17, 15) is 4.79 Å². The van der Waals surface area contributed by atoms with Crippen LogP contribution in [-0.4, -0.2) is 17.7 Å². The highest BCUT2D eigenvalue weighted by atomic mass is 16.5. The maximum absolute atomic E-state index is 11.3. The van der Waals surface area contributed by atoms with Crippen LogP contribution in [-0.2, 0) is 4.74 Å². The molecule has 0 spiro atoms. The quantitative estimate of drug-likeness (QED) is 0.296. The number of rotatable bonds is 3. The Morgan fingerprint density at radius 2 is 2.54 bits per heavy atom. The monoisotopic (exact) mass is 181 g/mol. The highest BCUT2D eigenvalue weighted by molar-refractivity contribution is 5.90. The first-order chi connectivity index (χ1) is 6.25. The maximum Gasteiger partial charge on any atom is 0.341 e. The van der Waals surface area contributed by atoms with Crippen LogP contribution in [0.25, 0.3) is 0 Å². The summed E-state index contributed by atoms with van der Waals surface area (Å²) in [6.07, 6.45) is 1.62. The number of nitrogens with two attached hydrogens (primary N) is 1. The van der Waals surface area contributed by atoms with Crippen LogP contribution in [0, 0.1) is 6.92 Å². The van der Waals surface area contributed by atoms with E-state index in [-0.39, 0.29) is 6.73 Å². The van der Waals surface area contributed by atoms with Gasteiger partial charge >= 0.3 is 5.97 Å². The summed E-state index contributed by atoms with van der Waals surface area (Å²) in [5, 5.41) is 0. The minimum atomic E-state index is -0.427. The lowest BCUT2D eigenvalue weighted by atomic mass is 10.2. The maximum atomic E-state index is 11.3. The summed E-state index contributed by atoms with van der Waals surface area (Å²) < 4.78 is 4.74. The summed E-state index contributed by atoms with van der Waals surface area (Å²) >= 11 is 0. The number of ether oxygens (including phenoxy) is 1. The molecule has 1 aromatic rings. The molecular formula is C8H11N3O2. The zero-order chi connectivity index (χ0) is 9.68. The lowest BCUT2D eigenvalue weighted by Gasteiger charge is -2.04. The first kappa shape index (κ1) is 9.63. The Labute approximate surface area is 75.9 Å². The summed E-state index contributed by atoms with van der Waals surface area (Å²) in [4.78, 5) is 15.2. The number of aromatic nitrogens is 1. The largest absolute Gasteiger partial charge is 0.445 e. The predicted octanol–water partition coefficient (Wildman–Crippen LogP) is -0.0324. The van der Waals surface area contributed by atoms with Crippen LogP contribution in [0.2, 0.25) is 0 Å². The van der Waals surface area contributed by atoms with Crippen molar-refractivity contribution in [1.82, 2.24) is 10.4 Å². The summed E-state index contributed by atoms with van der Waals surface area (Å²) in [7, 11) is 0. The molecule has 0 aliphatic carbocycles. The van der Waals surface area contributed by atoms with E-state index in [1.54, 1.807) is 25.3 Å². The molecule has 0 atom stereocenters. The molecule has 3 N–H and O–H groups in total. The van der Waals surface area contributed by atoms with E-state index in [4.69, 9.17) is 10.6 Å². The molecule has 1 aromatic heterocycles. The fourth-order valence-corrected chi connectivity index (χ4v) is 0.885. The van der Waals surface area contributed by atoms with Gasteiger partial charge in [-0.05, 0) is 19.1 Å². The van der Waals surface area contributed by atoms with Crippen LogP contribution in [0.4, 0.5) is 0 Å². The van der Waals surface area contributed by atoms with Crippen molar-refractivity contribution in [2.24, 2.45) is 5.84 Å². The summed E-state index contributed by atoms with van der Waals surface area (Å²) in [5.41, 5.74) is 3.32. The fourth-order valence-electron chi connectivity index (χ4n) is 0.885. The number of hydrogen-bond acceptors (Lipinski definition) is 5. The highest BCUT2D eigenvalue weighted by Crippen LogP contribution is 2.04. The van der Waals surface area contributed by atoms with Gasteiger partial charge in [-0.15, -0.1) is 0 Å². The van der Waals surface area contributed by atoms with E-state index in [0.717, 1.165) is 0 Å². The number of hydrogen-bond donors (Lipinski definition) is 2. The predicted molar refractivity (Wildman–Crippen MR) is 46.6 cm³/mol. The molecule has 0 bridgehead atoms. The molecule has 5 nitrogen and oxygen atoms in total. The Bertz CT molecular complexity index is 301. The first-order valence-corrected chi connectivity index (χ1v) is 3.78. The first-order valence-electron chi connectivity index (χ1n) is 3.78. The second kappa shape index (κ2) is 4.54. The van der Waals surface area contributed by atoms with Crippen molar-refractivity contribution >= 4 is 5.97 Å². The van der Waals surface area contributed by atoms with Gasteiger partial charge in [0.25, 0.3) is 0 Å². The molecule has 1 rings (SSSR count). The van der Waals surface area contributed by atoms with Gasteiger partial charge in [0.1, 0.15) is 0 Å². The molecular weight excluding hydrogens is 170 g/mol. The Morgan fingerprint density at radius 3 is 3.15 bits per heavy atom. The second-order valence-corrected chi connectivity index (χ2v) is 2.42. The molecule has 0 saturated carbocycles. The van der Waals surface area contributed by atoms with Crippen molar-refractivity contribution in [1.29, 1.82) is 0 Å². The van der Waals surface area contributed by atoms with Crippen molar-refractivity contribution in [3.05, 3.63) is 29.6 Å². The molecule has 70 valence electrons. The Balaban J connectivity index is 2.71. The van der Waals surface area contributed by atoms with E-state index in [0.29, 0.717) is 11.3 Å². The van der Waals surface area contributed by atoms with Gasteiger partial charge in [0, 0.05) is 6.20 Å². The second-order valence-electron chi connectivity index (χ2n) is 2.42. The average molecular weight is 181 g/mol. The van der Waals surface area contributed by atoms with Crippen LogP contribution < -0.4 is 11.3 Å². The number of nitrogens with zero attached hydrogens (tertiary/aromatic N) is 1. The number of pyridine rings is 1. The van der Waals surface area contributed by atoms with E-state index in [2.05, 4.69) is 10.4 Å². The number of esters is 1. The third-order valence-electron chi connectivity index (χ3n) is 1.51.